The van der Waals surface area contributed by atoms with Crippen LogP contribution in [0.2, 0.25) is 0 Å². The third kappa shape index (κ3) is 14.4. The zero-order chi connectivity index (χ0) is 49.4. The minimum atomic E-state index is -1.29. The van der Waals surface area contributed by atoms with E-state index in [-0.39, 0.29) is 84.4 Å². The van der Waals surface area contributed by atoms with E-state index in [1.807, 2.05) is 11.8 Å². The van der Waals surface area contributed by atoms with E-state index in [1.54, 1.807) is 30.6 Å². The van der Waals surface area contributed by atoms with Crippen LogP contribution in [-0.2, 0) is 46.3 Å². The third-order valence-electron chi connectivity index (χ3n) is 12.5. The van der Waals surface area contributed by atoms with E-state index >= 15 is 0 Å². The van der Waals surface area contributed by atoms with Crippen molar-refractivity contribution in [1.82, 2.24) is 25.3 Å². The number of aliphatic carboxylic acids is 1. The average Bonchev–Trinajstić information content (AvgIpc) is 3.65. The number of amides is 4. The Bertz CT molecular complexity index is 2190. The molecule has 4 aliphatic heterocycles. The van der Waals surface area contributed by atoms with Crippen molar-refractivity contribution in [1.29, 1.82) is 0 Å². The number of nitrogens with two attached hydrogens (primary N) is 1. The van der Waals surface area contributed by atoms with Crippen molar-refractivity contribution in [3.63, 3.8) is 0 Å². The van der Waals surface area contributed by atoms with E-state index in [4.69, 9.17) is 15.6 Å². The number of carboxylic acids is 1. The van der Waals surface area contributed by atoms with E-state index < -0.39 is 64.7 Å². The molecule has 0 bridgehead atoms. The molecule has 368 valence electrons. The number of ether oxygens (including phenoxy) is 2. The van der Waals surface area contributed by atoms with Crippen molar-refractivity contribution in [3.05, 3.63) is 82.6 Å². The predicted octanol–water partition coefficient (Wildman–Crippen LogP) is 4.73. The molecule has 0 unspecified atom stereocenters. The van der Waals surface area contributed by atoms with Crippen LogP contribution in [0.5, 0.6) is 0 Å². The van der Waals surface area contributed by atoms with Gasteiger partial charge >= 0.3 is 12.1 Å². The number of alkyl carbamates (subject to hydrolysis) is 1. The minimum absolute atomic E-state index is 0.000928. The van der Waals surface area contributed by atoms with Gasteiger partial charge in [0.2, 0.25) is 17.7 Å². The van der Waals surface area contributed by atoms with Crippen LogP contribution in [0.15, 0.2) is 36.6 Å². The van der Waals surface area contributed by atoms with Gasteiger partial charge in [0, 0.05) is 93.7 Å². The Balaban J connectivity index is 0.000000216. The standard InChI is InChI=1S/C21H28F3N3O3.C21H26F3N3O2.C4H4O4/c1-21(2,3)30-20(29)26-14(6-13-7-16(23)17(24)9-15(13)22)8-19(28)27-5-4-12-10-25-11-18(12)27;1-21(3-4-21)20(29)26-10-12-2-5-27(18(12)11-26)19(28)8-14(25)6-13-7-16(23)17(24)9-15(13)22;5-3-8-2-1-4(6)7/h7,9,12,14,18,25H,4-6,8,10-11H2,1-3H3,(H,26,29);7,9,12,14,18H,2-6,8,10-11,25H2,1H3;1-3H,(H,6,7)/b;;2-1+/t2*12-,14+,18+;/m00./s1. The fraction of sp³-hybridized carbons (Fsp3) is 0.565. The minimum Gasteiger partial charge on any atom is -0.478 e. The third-order valence-corrected chi connectivity index (χ3v) is 12.5. The highest BCUT2D eigenvalue weighted by atomic mass is 19.2. The lowest BCUT2D eigenvalue weighted by atomic mass is 10.0. The summed E-state index contributed by atoms with van der Waals surface area (Å²) in [6, 6.07) is 1.08. The highest BCUT2D eigenvalue weighted by Gasteiger charge is 2.52. The second kappa shape index (κ2) is 22.4. The first-order chi connectivity index (χ1) is 31.5. The number of likely N-dealkylation sites (tertiary alicyclic amines) is 3. The van der Waals surface area contributed by atoms with Gasteiger partial charge in [-0.1, -0.05) is 6.92 Å². The molecule has 21 heteroatoms. The van der Waals surface area contributed by atoms with Crippen LogP contribution < -0.4 is 16.4 Å². The molecule has 7 rings (SSSR count). The molecule has 1 aliphatic carbocycles. The molecule has 15 nitrogen and oxygen atoms in total. The van der Waals surface area contributed by atoms with Crippen LogP contribution in [-0.4, -0.2) is 125 Å². The lowest BCUT2D eigenvalue weighted by molar-refractivity contribution is -0.137. The van der Waals surface area contributed by atoms with Gasteiger partial charge in [-0.05, 0) is 88.5 Å². The van der Waals surface area contributed by atoms with Crippen LogP contribution in [0, 0.1) is 52.2 Å². The van der Waals surface area contributed by atoms with Crippen molar-refractivity contribution in [2.75, 3.05) is 39.3 Å². The number of nitrogens with one attached hydrogen (secondary N) is 2. The number of carboxylic acid groups (broad SMARTS) is 1. The first-order valence-corrected chi connectivity index (χ1v) is 22.1. The molecule has 5 fully saturated rings. The van der Waals surface area contributed by atoms with Gasteiger partial charge in [0.15, 0.2) is 23.3 Å². The largest absolute Gasteiger partial charge is 0.478 e. The van der Waals surface area contributed by atoms with Crippen LogP contribution in [0.3, 0.4) is 0 Å². The number of rotatable bonds is 13. The monoisotopic (exact) mass is 952 g/mol. The zero-order valence-electron chi connectivity index (χ0n) is 37.8. The second-order valence-corrected chi connectivity index (χ2v) is 18.8. The van der Waals surface area contributed by atoms with Gasteiger partial charge in [-0.15, -0.1) is 0 Å². The lowest BCUT2D eigenvalue weighted by Crippen LogP contribution is -2.46. The number of hydrogen-bond acceptors (Lipinski definition) is 10. The first kappa shape index (κ1) is 52.3. The summed E-state index contributed by atoms with van der Waals surface area (Å²) in [5, 5.41) is 13.7. The van der Waals surface area contributed by atoms with Crippen molar-refractivity contribution in [2.24, 2.45) is 23.0 Å². The van der Waals surface area contributed by atoms with E-state index in [0.717, 1.165) is 57.2 Å². The predicted molar refractivity (Wildman–Crippen MR) is 228 cm³/mol. The van der Waals surface area contributed by atoms with Crippen LogP contribution in [0.4, 0.5) is 31.1 Å². The molecule has 4 heterocycles. The number of halogens is 6. The van der Waals surface area contributed by atoms with Gasteiger partial charge in [0.1, 0.15) is 23.5 Å². The Hall–Kier alpha value is -5.70. The fourth-order valence-electron chi connectivity index (χ4n) is 8.89. The fourth-order valence-corrected chi connectivity index (χ4v) is 8.89. The molecule has 2 aromatic carbocycles. The lowest BCUT2D eigenvalue weighted by Gasteiger charge is -2.27. The molecule has 0 spiro atoms. The number of carbonyl (C=O) groups excluding carboxylic acids is 5. The summed E-state index contributed by atoms with van der Waals surface area (Å²) in [4.78, 5) is 75.0. The molecule has 5 N–H and O–H groups in total. The normalized spacial score (nSPS) is 22.1. The molecule has 4 saturated heterocycles. The van der Waals surface area contributed by atoms with Crippen LogP contribution in [0.25, 0.3) is 0 Å². The molecule has 2 aromatic rings. The number of carbonyl (C=O) groups is 6. The van der Waals surface area contributed by atoms with Crippen molar-refractivity contribution >= 4 is 36.3 Å². The Labute approximate surface area is 384 Å². The summed E-state index contributed by atoms with van der Waals surface area (Å²) in [5.74, 6) is -7.24. The SMILES string of the molecule is CC(C)(C)OC(=O)N[C@@H](CC(=O)N1CC[C@H]2CNC[C@H]21)Cc1cc(F)c(F)cc1F.CC1(C(=O)N2C[C@@H]3CCN(C(=O)C[C@H](N)Cc4cc(F)c(F)cc4F)[C@@H]3C2)CC1.O=CO/C=C/C(=O)O. The number of benzene rings is 2. The molecule has 0 radical (unpaired) electrons. The smallest absolute Gasteiger partial charge is 0.407 e. The summed E-state index contributed by atoms with van der Waals surface area (Å²) in [6.45, 7) is 11.3. The van der Waals surface area contributed by atoms with Crippen LogP contribution in [0.1, 0.15) is 77.3 Å². The van der Waals surface area contributed by atoms with E-state index in [1.165, 1.54) is 0 Å². The molecular formula is C46H58F6N6O9. The maximum Gasteiger partial charge on any atom is 0.407 e. The molecular weight excluding hydrogens is 895 g/mol. The molecule has 0 aromatic heterocycles. The summed E-state index contributed by atoms with van der Waals surface area (Å²) >= 11 is 0. The van der Waals surface area contributed by atoms with Crippen molar-refractivity contribution in [2.45, 2.75) is 109 Å². The highest BCUT2D eigenvalue weighted by molar-refractivity contribution is 5.85. The van der Waals surface area contributed by atoms with Gasteiger partial charge in [-0.3, -0.25) is 19.2 Å². The molecule has 4 amide bonds. The maximum atomic E-state index is 14.2. The Kier molecular flexibility index (Phi) is 17.5. The van der Waals surface area contributed by atoms with Gasteiger partial charge in [0.05, 0.1) is 12.1 Å². The van der Waals surface area contributed by atoms with Gasteiger partial charge in [0.25, 0.3) is 6.47 Å². The summed E-state index contributed by atoms with van der Waals surface area (Å²) in [5.41, 5.74) is 4.87. The van der Waals surface area contributed by atoms with E-state index in [0.29, 0.717) is 50.3 Å². The highest BCUT2D eigenvalue weighted by Crippen LogP contribution is 2.48. The Morgan fingerprint density at radius 3 is 1.94 bits per heavy atom. The number of fused-ring (bicyclic) bond motifs is 2. The number of nitrogens with zero attached hydrogens (tertiary/aromatic N) is 3. The summed E-state index contributed by atoms with van der Waals surface area (Å²) in [7, 11) is 0. The Morgan fingerprint density at radius 2 is 1.37 bits per heavy atom. The van der Waals surface area contributed by atoms with Gasteiger partial charge < -0.3 is 45.6 Å². The van der Waals surface area contributed by atoms with E-state index in [2.05, 4.69) is 15.4 Å². The van der Waals surface area contributed by atoms with Crippen molar-refractivity contribution in [3.8, 4) is 0 Å². The molecule has 1 saturated carbocycles. The summed E-state index contributed by atoms with van der Waals surface area (Å²) < 4.78 is 90.4. The molecule has 6 atom stereocenters. The van der Waals surface area contributed by atoms with Gasteiger partial charge in [-0.2, -0.15) is 0 Å². The number of hydrogen-bond donors (Lipinski definition) is 4. The van der Waals surface area contributed by atoms with Crippen molar-refractivity contribution < 1.29 is 69.7 Å². The first-order valence-electron chi connectivity index (χ1n) is 22.1. The molecule has 5 aliphatic rings. The zero-order valence-corrected chi connectivity index (χ0v) is 37.8. The quantitative estimate of drug-likeness (QED) is 0.0712. The van der Waals surface area contributed by atoms with E-state index in [9.17, 15) is 55.1 Å². The second-order valence-electron chi connectivity index (χ2n) is 18.8. The Morgan fingerprint density at radius 1 is 0.821 bits per heavy atom. The molecule has 67 heavy (non-hydrogen) atoms. The van der Waals surface area contributed by atoms with Crippen LogP contribution >= 0.6 is 0 Å². The maximum absolute atomic E-state index is 14.2. The summed E-state index contributed by atoms with van der Waals surface area (Å²) in [6.07, 6.45) is 4.03. The average molecular weight is 953 g/mol. The topological polar surface area (TPSA) is 201 Å². The van der Waals surface area contributed by atoms with Gasteiger partial charge in [-0.25, -0.2) is 35.9 Å².